The van der Waals surface area contributed by atoms with E-state index in [4.69, 9.17) is 5.11 Å². The van der Waals surface area contributed by atoms with E-state index < -0.39 is 5.97 Å². The Morgan fingerprint density at radius 1 is 1.60 bits per heavy atom. The molecule has 1 heterocycles. The third-order valence-electron chi connectivity index (χ3n) is 3.69. The lowest BCUT2D eigenvalue weighted by Gasteiger charge is -2.07. The van der Waals surface area contributed by atoms with Gasteiger partial charge in [0.1, 0.15) is 5.82 Å². The Labute approximate surface area is 120 Å². The Balaban J connectivity index is 1.96. The highest BCUT2D eigenvalue weighted by atomic mass is 32.2. The minimum atomic E-state index is -0.875. The molecule has 1 saturated carbocycles. The SMILES string of the molecule is CC1CC1Cn1c(SCC(=O)O)nc2cc(F)ccc21. The van der Waals surface area contributed by atoms with Gasteiger partial charge in [-0.3, -0.25) is 4.79 Å². The quantitative estimate of drug-likeness (QED) is 0.861. The summed E-state index contributed by atoms with van der Waals surface area (Å²) in [7, 11) is 0. The molecular weight excluding hydrogens is 279 g/mol. The monoisotopic (exact) mass is 294 g/mol. The zero-order valence-electron chi connectivity index (χ0n) is 11.0. The van der Waals surface area contributed by atoms with Gasteiger partial charge in [-0.15, -0.1) is 0 Å². The van der Waals surface area contributed by atoms with Crippen LogP contribution in [-0.2, 0) is 11.3 Å². The highest BCUT2D eigenvalue weighted by Crippen LogP contribution is 2.40. The summed E-state index contributed by atoms with van der Waals surface area (Å²) in [5.74, 6) is 0.0783. The van der Waals surface area contributed by atoms with Crippen molar-refractivity contribution < 1.29 is 14.3 Å². The Morgan fingerprint density at radius 2 is 2.35 bits per heavy atom. The molecule has 6 heteroatoms. The van der Waals surface area contributed by atoms with E-state index >= 15 is 0 Å². The fourth-order valence-electron chi connectivity index (χ4n) is 2.38. The highest BCUT2D eigenvalue weighted by molar-refractivity contribution is 7.99. The van der Waals surface area contributed by atoms with E-state index in [2.05, 4.69) is 11.9 Å². The molecule has 1 N–H and O–H groups in total. The molecule has 3 rings (SSSR count). The predicted octanol–water partition coefficient (Wildman–Crippen LogP) is 3.01. The van der Waals surface area contributed by atoms with Crippen LogP contribution in [0.25, 0.3) is 11.0 Å². The number of imidazole rings is 1. The van der Waals surface area contributed by atoms with Crippen molar-refractivity contribution in [3.8, 4) is 0 Å². The minimum absolute atomic E-state index is 0.0357. The Kier molecular flexibility index (Phi) is 3.41. The number of hydrogen-bond donors (Lipinski definition) is 1. The van der Waals surface area contributed by atoms with Gasteiger partial charge in [0, 0.05) is 12.6 Å². The van der Waals surface area contributed by atoms with Crippen LogP contribution in [0.3, 0.4) is 0 Å². The molecule has 0 aliphatic heterocycles. The normalized spacial score (nSPS) is 21.3. The lowest BCUT2D eigenvalue weighted by atomic mass is 10.3. The van der Waals surface area contributed by atoms with Crippen LogP contribution < -0.4 is 0 Å². The number of aliphatic carboxylic acids is 1. The number of rotatable bonds is 5. The number of hydrogen-bond acceptors (Lipinski definition) is 3. The molecule has 106 valence electrons. The molecule has 2 atom stereocenters. The maximum Gasteiger partial charge on any atom is 0.313 e. The number of carboxylic acid groups (broad SMARTS) is 1. The van der Waals surface area contributed by atoms with Crippen molar-refractivity contribution in [1.29, 1.82) is 0 Å². The van der Waals surface area contributed by atoms with Gasteiger partial charge in [0.05, 0.1) is 16.8 Å². The summed E-state index contributed by atoms with van der Waals surface area (Å²) in [6.45, 7) is 3.03. The van der Waals surface area contributed by atoms with E-state index in [1.807, 2.05) is 4.57 Å². The maximum atomic E-state index is 13.3. The van der Waals surface area contributed by atoms with Gasteiger partial charge in [0.15, 0.2) is 5.16 Å². The molecule has 0 amide bonds. The Hall–Kier alpha value is -1.56. The zero-order valence-corrected chi connectivity index (χ0v) is 11.9. The molecule has 2 unspecified atom stereocenters. The summed E-state index contributed by atoms with van der Waals surface area (Å²) in [5.41, 5.74) is 1.46. The molecule has 0 bridgehead atoms. The van der Waals surface area contributed by atoms with Crippen molar-refractivity contribution in [3.63, 3.8) is 0 Å². The molecule has 2 aromatic rings. The molecule has 0 saturated heterocycles. The van der Waals surface area contributed by atoms with Gasteiger partial charge in [-0.05, 0) is 30.4 Å². The second-order valence-corrected chi connectivity index (χ2v) is 6.24. The molecule has 1 aromatic carbocycles. The predicted molar refractivity (Wildman–Crippen MR) is 75.3 cm³/mol. The van der Waals surface area contributed by atoms with Gasteiger partial charge >= 0.3 is 5.97 Å². The van der Waals surface area contributed by atoms with Crippen LogP contribution in [0.2, 0.25) is 0 Å². The molecule has 20 heavy (non-hydrogen) atoms. The number of carbonyl (C=O) groups is 1. The largest absolute Gasteiger partial charge is 0.481 e. The van der Waals surface area contributed by atoms with E-state index in [1.165, 1.54) is 30.3 Å². The summed E-state index contributed by atoms with van der Waals surface area (Å²) in [4.78, 5) is 15.1. The minimum Gasteiger partial charge on any atom is -0.481 e. The smallest absolute Gasteiger partial charge is 0.313 e. The summed E-state index contributed by atoms with van der Waals surface area (Å²) in [6, 6.07) is 4.53. The summed E-state index contributed by atoms with van der Waals surface area (Å²) in [5, 5.41) is 9.46. The van der Waals surface area contributed by atoms with Crippen LogP contribution in [0.5, 0.6) is 0 Å². The standard InChI is InChI=1S/C14H15FN2O2S/c1-8-4-9(8)6-17-12-3-2-10(15)5-11(12)16-14(17)20-7-13(18)19/h2-3,5,8-9H,4,6-7H2,1H3,(H,18,19). The van der Waals surface area contributed by atoms with Gasteiger partial charge in [-0.25, -0.2) is 9.37 Å². The number of thioether (sulfide) groups is 1. The van der Waals surface area contributed by atoms with Crippen LogP contribution >= 0.6 is 11.8 Å². The molecule has 1 aliphatic rings. The van der Waals surface area contributed by atoms with E-state index in [0.29, 0.717) is 22.5 Å². The van der Waals surface area contributed by atoms with Crippen LogP contribution in [0.4, 0.5) is 4.39 Å². The molecule has 0 radical (unpaired) electrons. The van der Waals surface area contributed by atoms with E-state index in [9.17, 15) is 9.18 Å². The molecule has 0 spiro atoms. The lowest BCUT2D eigenvalue weighted by molar-refractivity contribution is -0.133. The topological polar surface area (TPSA) is 55.1 Å². The Bertz CT molecular complexity index is 670. The van der Waals surface area contributed by atoms with E-state index in [1.54, 1.807) is 6.07 Å². The van der Waals surface area contributed by atoms with E-state index in [0.717, 1.165) is 12.1 Å². The van der Waals surface area contributed by atoms with Crippen molar-refractivity contribution >= 4 is 28.8 Å². The van der Waals surface area contributed by atoms with Gasteiger partial charge in [-0.2, -0.15) is 0 Å². The van der Waals surface area contributed by atoms with E-state index in [-0.39, 0.29) is 11.6 Å². The third kappa shape index (κ3) is 2.65. The van der Waals surface area contributed by atoms with Gasteiger partial charge in [-0.1, -0.05) is 18.7 Å². The summed E-state index contributed by atoms with van der Waals surface area (Å²) >= 11 is 1.19. The molecule has 1 aromatic heterocycles. The molecule has 4 nitrogen and oxygen atoms in total. The zero-order chi connectivity index (χ0) is 14.3. The first-order valence-electron chi connectivity index (χ1n) is 6.55. The van der Waals surface area contributed by atoms with Crippen molar-refractivity contribution in [2.24, 2.45) is 11.8 Å². The van der Waals surface area contributed by atoms with Gasteiger partial charge in [0.2, 0.25) is 0 Å². The number of aromatic nitrogens is 2. The highest BCUT2D eigenvalue weighted by Gasteiger charge is 2.33. The van der Waals surface area contributed by atoms with Crippen molar-refractivity contribution in [2.45, 2.75) is 25.0 Å². The summed E-state index contributed by atoms with van der Waals surface area (Å²) in [6.07, 6.45) is 1.18. The number of halogens is 1. The lowest BCUT2D eigenvalue weighted by Crippen LogP contribution is -2.05. The second kappa shape index (κ2) is 5.09. The first-order valence-corrected chi connectivity index (χ1v) is 7.53. The van der Waals surface area contributed by atoms with Gasteiger partial charge < -0.3 is 9.67 Å². The Morgan fingerprint density at radius 3 is 3.00 bits per heavy atom. The number of benzene rings is 1. The first kappa shape index (κ1) is 13.4. The maximum absolute atomic E-state index is 13.3. The summed E-state index contributed by atoms with van der Waals surface area (Å²) < 4.78 is 15.3. The fraction of sp³-hybridized carbons (Fsp3) is 0.429. The average Bonchev–Trinajstić information content (AvgIpc) is 2.96. The number of carboxylic acids is 1. The van der Waals surface area contributed by atoms with Crippen molar-refractivity contribution in [2.75, 3.05) is 5.75 Å². The molecular formula is C14H15FN2O2S. The second-order valence-electron chi connectivity index (χ2n) is 5.29. The molecule has 1 fully saturated rings. The van der Waals surface area contributed by atoms with Crippen LogP contribution in [0, 0.1) is 17.7 Å². The molecule has 1 aliphatic carbocycles. The van der Waals surface area contributed by atoms with Crippen molar-refractivity contribution in [1.82, 2.24) is 9.55 Å². The van der Waals surface area contributed by atoms with Crippen LogP contribution in [0.1, 0.15) is 13.3 Å². The average molecular weight is 294 g/mol. The number of nitrogens with zero attached hydrogens (tertiary/aromatic N) is 2. The van der Waals surface area contributed by atoms with Crippen LogP contribution in [-0.4, -0.2) is 26.4 Å². The van der Waals surface area contributed by atoms with Gasteiger partial charge in [0.25, 0.3) is 0 Å². The first-order chi connectivity index (χ1) is 9.54. The third-order valence-corrected chi connectivity index (χ3v) is 4.65. The fourth-order valence-corrected chi connectivity index (χ4v) is 3.13. The van der Waals surface area contributed by atoms with Crippen molar-refractivity contribution in [3.05, 3.63) is 24.0 Å². The van der Waals surface area contributed by atoms with Crippen LogP contribution in [0.15, 0.2) is 23.4 Å². The number of fused-ring (bicyclic) bond motifs is 1.